The normalized spacial score (nSPS) is 15.5. The van der Waals surface area contributed by atoms with Crippen molar-refractivity contribution in [3.63, 3.8) is 0 Å². The topological polar surface area (TPSA) is 102 Å². The maximum Gasteiger partial charge on any atom is 0.338 e. The van der Waals surface area contributed by atoms with Gasteiger partial charge in [-0.15, -0.1) is 0 Å². The van der Waals surface area contributed by atoms with Gasteiger partial charge in [0.25, 0.3) is 5.91 Å². The average molecular weight is 453 g/mol. The number of hydrogen-bond donors (Lipinski definition) is 1. The molecule has 1 saturated heterocycles. The van der Waals surface area contributed by atoms with Gasteiger partial charge in [0.05, 0.1) is 17.6 Å². The van der Waals surface area contributed by atoms with Crippen LogP contribution in [0.15, 0.2) is 48.5 Å². The van der Waals surface area contributed by atoms with Crippen LogP contribution in [0.5, 0.6) is 0 Å². The minimum absolute atomic E-state index is 0.00389. The molecule has 8 nitrogen and oxygen atoms in total. The molecule has 1 fully saturated rings. The number of amides is 2. The quantitative estimate of drug-likeness (QED) is 0.617. The molecule has 2 amide bonds. The third-order valence-electron chi connectivity index (χ3n) is 5.21. The fourth-order valence-corrected chi connectivity index (χ4v) is 3.45. The first kappa shape index (κ1) is 24.0. The number of carbonyl (C=O) groups excluding carboxylic acids is 4. The van der Waals surface area contributed by atoms with Crippen LogP contribution >= 0.6 is 0 Å². The number of rotatable bonds is 8. The standard InChI is InChI=1S/C25H28N2O6/c1-4-17-5-9-20(10-6-17)26-22(28)15-32-24(30)19-13-23(29)27(14-19)21-11-7-18(8-12-21)25(31)33-16(2)3/h5-12,16,19H,4,13-15H2,1-3H3,(H,26,28)/t19-/m1/s1. The summed E-state index contributed by atoms with van der Waals surface area (Å²) >= 11 is 0. The minimum atomic E-state index is -0.667. The molecule has 3 rings (SSSR count). The van der Waals surface area contributed by atoms with E-state index >= 15 is 0 Å². The van der Waals surface area contributed by atoms with E-state index in [9.17, 15) is 19.2 Å². The molecule has 1 aliphatic rings. The SMILES string of the molecule is CCc1ccc(NC(=O)COC(=O)[C@@H]2CC(=O)N(c3ccc(C(=O)OC(C)C)cc3)C2)cc1. The number of hydrogen-bond acceptors (Lipinski definition) is 6. The molecule has 0 saturated carbocycles. The minimum Gasteiger partial charge on any atom is -0.459 e. The fourth-order valence-electron chi connectivity index (χ4n) is 3.45. The Labute approximate surface area is 192 Å². The Morgan fingerprint density at radius 1 is 1.06 bits per heavy atom. The second-order valence-electron chi connectivity index (χ2n) is 8.11. The Morgan fingerprint density at radius 3 is 2.33 bits per heavy atom. The van der Waals surface area contributed by atoms with Crippen molar-refractivity contribution in [2.24, 2.45) is 5.92 Å². The summed E-state index contributed by atoms with van der Waals surface area (Å²) in [5, 5.41) is 2.68. The fraction of sp³-hybridized carbons (Fsp3) is 0.360. The molecule has 33 heavy (non-hydrogen) atoms. The number of benzene rings is 2. The molecule has 8 heteroatoms. The molecule has 1 heterocycles. The van der Waals surface area contributed by atoms with Crippen molar-refractivity contribution in [3.05, 3.63) is 59.7 Å². The zero-order chi connectivity index (χ0) is 24.0. The van der Waals surface area contributed by atoms with E-state index in [1.165, 1.54) is 4.90 Å². The highest BCUT2D eigenvalue weighted by Gasteiger charge is 2.36. The van der Waals surface area contributed by atoms with E-state index in [0.29, 0.717) is 16.9 Å². The van der Waals surface area contributed by atoms with Gasteiger partial charge in [-0.05, 0) is 62.2 Å². The van der Waals surface area contributed by atoms with Crippen molar-refractivity contribution in [1.29, 1.82) is 0 Å². The largest absolute Gasteiger partial charge is 0.459 e. The highest BCUT2D eigenvalue weighted by molar-refractivity contribution is 6.00. The van der Waals surface area contributed by atoms with Crippen LogP contribution in [0.1, 0.15) is 43.1 Å². The second-order valence-corrected chi connectivity index (χ2v) is 8.11. The van der Waals surface area contributed by atoms with E-state index in [2.05, 4.69) is 5.32 Å². The molecule has 1 aliphatic heterocycles. The summed E-state index contributed by atoms with van der Waals surface area (Å²) in [6.45, 7) is 5.30. The van der Waals surface area contributed by atoms with Gasteiger partial charge in [0.15, 0.2) is 6.61 Å². The highest BCUT2D eigenvalue weighted by Crippen LogP contribution is 2.26. The van der Waals surface area contributed by atoms with Crippen LogP contribution < -0.4 is 10.2 Å². The molecular weight excluding hydrogens is 424 g/mol. The maximum absolute atomic E-state index is 12.4. The summed E-state index contributed by atoms with van der Waals surface area (Å²) in [5.41, 5.74) is 2.73. The van der Waals surface area contributed by atoms with Crippen LogP contribution in [0.2, 0.25) is 0 Å². The lowest BCUT2D eigenvalue weighted by atomic mass is 10.1. The molecule has 0 aliphatic carbocycles. The summed E-state index contributed by atoms with van der Waals surface area (Å²) in [7, 11) is 0. The highest BCUT2D eigenvalue weighted by atomic mass is 16.5. The van der Waals surface area contributed by atoms with E-state index in [-0.39, 0.29) is 25.0 Å². The van der Waals surface area contributed by atoms with Crippen LogP contribution in [0.25, 0.3) is 0 Å². The Balaban J connectivity index is 1.51. The number of nitrogens with zero attached hydrogens (tertiary/aromatic N) is 1. The molecule has 2 aromatic carbocycles. The van der Waals surface area contributed by atoms with Gasteiger partial charge in [-0.3, -0.25) is 14.4 Å². The molecule has 1 atom stereocenters. The van der Waals surface area contributed by atoms with E-state index in [1.807, 2.05) is 19.1 Å². The molecule has 0 unspecified atom stereocenters. The van der Waals surface area contributed by atoms with E-state index in [4.69, 9.17) is 9.47 Å². The van der Waals surface area contributed by atoms with Crippen molar-refractivity contribution >= 4 is 35.1 Å². The number of ether oxygens (including phenoxy) is 2. The average Bonchev–Trinajstić information content (AvgIpc) is 3.19. The lowest BCUT2D eigenvalue weighted by molar-refractivity contribution is -0.151. The van der Waals surface area contributed by atoms with Crippen LogP contribution in [-0.2, 0) is 30.3 Å². The van der Waals surface area contributed by atoms with Crippen molar-refractivity contribution < 1.29 is 28.7 Å². The van der Waals surface area contributed by atoms with Gasteiger partial charge in [-0.2, -0.15) is 0 Å². The van der Waals surface area contributed by atoms with Crippen LogP contribution in [0.3, 0.4) is 0 Å². The van der Waals surface area contributed by atoms with E-state index in [0.717, 1.165) is 12.0 Å². The monoisotopic (exact) mass is 452 g/mol. The zero-order valence-corrected chi connectivity index (χ0v) is 19.0. The van der Waals surface area contributed by atoms with Gasteiger partial charge >= 0.3 is 11.9 Å². The van der Waals surface area contributed by atoms with Crippen LogP contribution in [-0.4, -0.2) is 43.0 Å². The molecule has 1 N–H and O–H groups in total. The molecule has 2 aromatic rings. The zero-order valence-electron chi connectivity index (χ0n) is 19.0. The Hall–Kier alpha value is -3.68. The van der Waals surface area contributed by atoms with E-state index < -0.39 is 30.4 Å². The summed E-state index contributed by atoms with van der Waals surface area (Å²) in [4.78, 5) is 50.4. The summed E-state index contributed by atoms with van der Waals surface area (Å²) in [5.74, 6) is -2.38. The van der Waals surface area contributed by atoms with Crippen molar-refractivity contribution in [2.45, 2.75) is 39.7 Å². The van der Waals surface area contributed by atoms with Gasteiger partial charge in [0, 0.05) is 24.3 Å². The van der Waals surface area contributed by atoms with Gasteiger partial charge in [-0.1, -0.05) is 19.1 Å². The van der Waals surface area contributed by atoms with Gasteiger partial charge < -0.3 is 19.7 Å². The third-order valence-corrected chi connectivity index (χ3v) is 5.21. The van der Waals surface area contributed by atoms with Gasteiger partial charge in [0.2, 0.25) is 5.91 Å². The smallest absolute Gasteiger partial charge is 0.338 e. The Bertz CT molecular complexity index is 1010. The van der Waals surface area contributed by atoms with Crippen molar-refractivity contribution in [3.8, 4) is 0 Å². The lowest BCUT2D eigenvalue weighted by Gasteiger charge is -2.17. The molecule has 0 bridgehead atoms. The molecule has 0 aromatic heterocycles. The lowest BCUT2D eigenvalue weighted by Crippen LogP contribution is -2.28. The first-order valence-corrected chi connectivity index (χ1v) is 10.9. The van der Waals surface area contributed by atoms with Gasteiger partial charge in [-0.25, -0.2) is 4.79 Å². The summed E-state index contributed by atoms with van der Waals surface area (Å²) in [6.07, 6.45) is 0.668. The van der Waals surface area contributed by atoms with Crippen molar-refractivity contribution in [2.75, 3.05) is 23.4 Å². The first-order chi connectivity index (χ1) is 15.8. The number of esters is 2. The first-order valence-electron chi connectivity index (χ1n) is 10.9. The summed E-state index contributed by atoms with van der Waals surface area (Å²) in [6, 6.07) is 13.9. The Morgan fingerprint density at radius 2 is 1.73 bits per heavy atom. The summed E-state index contributed by atoms with van der Waals surface area (Å²) < 4.78 is 10.3. The van der Waals surface area contributed by atoms with Crippen LogP contribution in [0, 0.1) is 5.92 Å². The molecule has 0 radical (unpaired) electrons. The van der Waals surface area contributed by atoms with Crippen molar-refractivity contribution in [1.82, 2.24) is 0 Å². The predicted molar refractivity (Wildman–Crippen MR) is 123 cm³/mol. The number of nitrogens with one attached hydrogen (secondary N) is 1. The van der Waals surface area contributed by atoms with Crippen LogP contribution in [0.4, 0.5) is 11.4 Å². The van der Waals surface area contributed by atoms with Gasteiger partial charge in [0.1, 0.15) is 0 Å². The maximum atomic E-state index is 12.4. The predicted octanol–water partition coefficient (Wildman–Crippen LogP) is 3.35. The number of carbonyl (C=O) groups is 4. The Kier molecular flexibility index (Phi) is 7.82. The molecular formula is C25H28N2O6. The third kappa shape index (κ3) is 6.41. The number of anilines is 2. The second kappa shape index (κ2) is 10.8. The molecule has 0 spiro atoms. The van der Waals surface area contributed by atoms with E-state index in [1.54, 1.807) is 50.2 Å². The molecule has 174 valence electrons. The number of aryl methyl sites for hydroxylation is 1.